The van der Waals surface area contributed by atoms with Gasteiger partial charge in [-0.15, -0.1) is 0 Å². The fourth-order valence-corrected chi connectivity index (χ4v) is 4.19. The molecule has 0 spiro atoms. The highest BCUT2D eigenvalue weighted by molar-refractivity contribution is 8.26. The molecule has 7 nitrogen and oxygen atoms in total. The lowest BCUT2D eigenvalue weighted by atomic mass is 10.1. The van der Waals surface area contributed by atoms with Crippen LogP contribution in [0.25, 0.3) is 11.7 Å². The Morgan fingerprint density at radius 3 is 2.63 bits per heavy atom. The fourth-order valence-electron chi connectivity index (χ4n) is 3.03. The van der Waals surface area contributed by atoms with Gasteiger partial charge in [0, 0.05) is 19.8 Å². The summed E-state index contributed by atoms with van der Waals surface area (Å²) in [6, 6.07) is 14.4. The molecule has 30 heavy (non-hydrogen) atoms. The monoisotopic (exact) mass is 438 g/mol. The van der Waals surface area contributed by atoms with E-state index in [1.807, 2.05) is 30.3 Å². The highest BCUT2D eigenvalue weighted by atomic mass is 32.2. The van der Waals surface area contributed by atoms with Gasteiger partial charge < -0.3 is 10.4 Å². The molecule has 0 bridgehead atoms. The first-order chi connectivity index (χ1) is 14.5. The number of carbonyl (C=O) groups is 1. The van der Waals surface area contributed by atoms with Crippen LogP contribution in [0, 0.1) is 0 Å². The van der Waals surface area contributed by atoms with Crippen LogP contribution < -0.4 is 10.9 Å². The number of hydrogen-bond donors (Lipinski definition) is 2. The zero-order chi connectivity index (χ0) is 21.3. The minimum atomic E-state index is -0.788. The highest BCUT2D eigenvalue weighted by Crippen LogP contribution is 2.32. The third-order valence-corrected chi connectivity index (χ3v) is 6.16. The summed E-state index contributed by atoms with van der Waals surface area (Å²) in [4.78, 5) is 31.8. The SMILES string of the molecule is CN1C(=O)/C(=C/c2c(NC[C@H](O)c3ccccc3)nc3ccccn3c2=O)SC1=S. The summed E-state index contributed by atoms with van der Waals surface area (Å²) >= 11 is 6.31. The first kappa shape index (κ1) is 20.3. The molecule has 1 amide bonds. The van der Waals surface area contributed by atoms with E-state index < -0.39 is 6.10 Å². The van der Waals surface area contributed by atoms with E-state index in [4.69, 9.17) is 12.2 Å². The average Bonchev–Trinajstić information content (AvgIpc) is 3.01. The molecule has 3 aromatic rings. The normalized spacial score (nSPS) is 16.5. The van der Waals surface area contributed by atoms with Crippen LogP contribution in [-0.4, -0.2) is 43.2 Å². The zero-order valence-electron chi connectivity index (χ0n) is 16.0. The maximum atomic E-state index is 13.1. The maximum Gasteiger partial charge on any atom is 0.267 e. The van der Waals surface area contributed by atoms with Crippen molar-refractivity contribution >= 4 is 51.7 Å². The Hall–Kier alpha value is -3.01. The Morgan fingerprint density at radius 1 is 1.20 bits per heavy atom. The Balaban J connectivity index is 1.74. The summed E-state index contributed by atoms with van der Waals surface area (Å²) in [6.07, 6.45) is 2.34. The van der Waals surface area contributed by atoms with Gasteiger partial charge in [0.05, 0.1) is 16.6 Å². The second kappa shape index (κ2) is 8.39. The fraction of sp³-hybridized carbons (Fsp3) is 0.143. The van der Waals surface area contributed by atoms with Gasteiger partial charge in [0.15, 0.2) is 0 Å². The Kier molecular flexibility index (Phi) is 5.67. The minimum absolute atomic E-state index is 0.148. The van der Waals surface area contributed by atoms with Crippen molar-refractivity contribution in [3.05, 3.63) is 81.1 Å². The van der Waals surface area contributed by atoms with E-state index in [0.29, 0.717) is 20.7 Å². The smallest absolute Gasteiger partial charge is 0.267 e. The van der Waals surface area contributed by atoms with Crippen LogP contribution in [0.2, 0.25) is 0 Å². The predicted molar refractivity (Wildman–Crippen MR) is 122 cm³/mol. The molecular formula is C21H18N4O3S2. The van der Waals surface area contributed by atoms with Gasteiger partial charge in [0.2, 0.25) is 0 Å². The van der Waals surface area contributed by atoms with Gasteiger partial charge in [-0.1, -0.05) is 60.4 Å². The standard InChI is InChI=1S/C21H18N4O3S2/c1-24-20(28)16(30-21(24)29)11-14-18(22-12-15(26)13-7-3-2-4-8-13)23-17-9-5-6-10-25(17)19(14)27/h2-11,15,22,26H,12H2,1H3/b16-11-/t15-/m0/s1. The number of aliphatic hydroxyl groups excluding tert-OH is 1. The van der Waals surface area contributed by atoms with Crippen molar-refractivity contribution < 1.29 is 9.90 Å². The lowest BCUT2D eigenvalue weighted by molar-refractivity contribution is -0.121. The molecule has 0 aliphatic carbocycles. The van der Waals surface area contributed by atoms with Crippen LogP contribution in [-0.2, 0) is 4.79 Å². The summed E-state index contributed by atoms with van der Waals surface area (Å²) < 4.78 is 1.84. The highest BCUT2D eigenvalue weighted by Gasteiger charge is 2.29. The van der Waals surface area contributed by atoms with Crippen molar-refractivity contribution in [2.24, 2.45) is 0 Å². The summed E-state index contributed by atoms with van der Waals surface area (Å²) in [6.45, 7) is 0.148. The molecule has 1 saturated heterocycles. The molecule has 1 aromatic carbocycles. The van der Waals surface area contributed by atoms with Crippen molar-refractivity contribution in [3.8, 4) is 0 Å². The quantitative estimate of drug-likeness (QED) is 0.468. The number of hydrogen-bond acceptors (Lipinski definition) is 7. The number of fused-ring (bicyclic) bond motifs is 1. The average molecular weight is 439 g/mol. The summed E-state index contributed by atoms with van der Waals surface area (Å²) in [5.74, 6) is 0.0281. The number of thioether (sulfide) groups is 1. The maximum absolute atomic E-state index is 13.1. The minimum Gasteiger partial charge on any atom is -0.387 e. The molecule has 4 rings (SSSR count). The molecule has 1 atom stereocenters. The number of rotatable bonds is 5. The lowest BCUT2D eigenvalue weighted by Crippen LogP contribution is -2.24. The van der Waals surface area contributed by atoms with Crippen molar-refractivity contribution in [3.63, 3.8) is 0 Å². The first-order valence-electron chi connectivity index (χ1n) is 9.15. The van der Waals surface area contributed by atoms with E-state index in [0.717, 1.165) is 17.3 Å². The lowest BCUT2D eigenvalue weighted by Gasteiger charge is -2.15. The number of amides is 1. The van der Waals surface area contributed by atoms with E-state index in [2.05, 4.69) is 10.3 Å². The third-order valence-electron chi connectivity index (χ3n) is 4.68. The van der Waals surface area contributed by atoms with Gasteiger partial charge in [-0.25, -0.2) is 4.98 Å². The Labute approximate surface area is 182 Å². The molecule has 1 aliphatic rings. The van der Waals surface area contributed by atoms with Crippen LogP contribution in [0.1, 0.15) is 17.2 Å². The van der Waals surface area contributed by atoms with Crippen LogP contribution in [0.4, 0.5) is 5.82 Å². The number of nitrogens with zero attached hydrogens (tertiary/aromatic N) is 3. The molecule has 1 fully saturated rings. The molecule has 2 N–H and O–H groups in total. The van der Waals surface area contributed by atoms with Crippen LogP contribution in [0.15, 0.2) is 64.4 Å². The topological polar surface area (TPSA) is 86.9 Å². The molecule has 9 heteroatoms. The number of benzene rings is 1. The van der Waals surface area contributed by atoms with Crippen molar-refractivity contribution in [1.29, 1.82) is 0 Å². The van der Waals surface area contributed by atoms with Crippen molar-refractivity contribution in [2.75, 3.05) is 18.9 Å². The third kappa shape index (κ3) is 3.87. The summed E-state index contributed by atoms with van der Waals surface area (Å²) in [7, 11) is 1.60. The second-order valence-corrected chi connectivity index (χ2v) is 8.33. The number of aliphatic hydroxyl groups is 1. The van der Waals surface area contributed by atoms with Crippen LogP contribution in [0.3, 0.4) is 0 Å². The molecule has 2 aromatic heterocycles. The number of pyridine rings is 1. The number of likely N-dealkylation sites (N-methyl/N-ethyl adjacent to an activating group) is 1. The van der Waals surface area contributed by atoms with Crippen molar-refractivity contribution in [2.45, 2.75) is 6.10 Å². The summed E-state index contributed by atoms with van der Waals surface area (Å²) in [5.41, 5.74) is 1.11. The molecule has 0 radical (unpaired) electrons. The number of aromatic nitrogens is 2. The molecule has 152 valence electrons. The van der Waals surface area contributed by atoms with E-state index in [1.165, 1.54) is 15.4 Å². The van der Waals surface area contributed by atoms with Crippen LogP contribution >= 0.6 is 24.0 Å². The zero-order valence-corrected chi connectivity index (χ0v) is 17.6. The Bertz CT molecular complexity index is 1220. The number of thiocarbonyl (C=S) groups is 1. The first-order valence-corrected chi connectivity index (χ1v) is 10.4. The van der Waals surface area contributed by atoms with E-state index in [-0.39, 0.29) is 23.6 Å². The molecule has 1 aliphatic heterocycles. The second-order valence-electron chi connectivity index (χ2n) is 6.66. The summed E-state index contributed by atoms with van der Waals surface area (Å²) in [5, 5.41) is 13.5. The van der Waals surface area contributed by atoms with Gasteiger partial charge >= 0.3 is 0 Å². The van der Waals surface area contributed by atoms with Gasteiger partial charge in [0.25, 0.3) is 11.5 Å². The predicted octanol–water partition coefficient (Wildman–Crippen LogP) is 2.67. The molecule has 0 unspecified atom stereocenters. The largest absolute Gasteiger partial charge is 0.387 e. The van der Waals surface area contributed by atoms with Crippen molar-refractivity contribution in [1.82, 2.24) is 14.3 Å². The van der Waals surface area contributed by atoms with Crippen LogP contribution in [0.5, 0.6) is 0 Å². The van der Waals surface area contributed by atoms with Gasteiger partial charge in [-0.05, 0) is 23.8 Å². The molecule has 3 heterocycles. The van der Waals surface area contributed by atoms with Gasteiger partial charge in [0.1, 0.15) is 15.8 Å². The van der Waals surface area contributed by atoms with E-state index in [9.17, 15) is 14.7 Å². The number of anilines is 1. The molecule has 0 saturated carbocycles. The van der Waals surface area contributed by atoms with Gasteiger partial charge in [-0.3, -0.25) is 18.9 Å². The Morgan fingerprint density at radius 2 is 1.93 bits per heavy atom. The van der Waals surface area contributed by atoms with E-state index in [1.54, 1.807) is 31.4 Å². The van der Waals surface area contributed by atoms with Gasteiger partial charge in [-0.2, -0.15) is 0 Å². The molecular weight excluding hydrogens is 420 g/mol. The number of nitrogens with one attached hydrogen (secondary N) is 1. The number of carbonyl (C=O) groups excluding carboxylic acids is 1. The van der Waals surface area contributed by atoms with E-state index >= 15 is 0 Å².